The second-order valence-corrected chi connectivity index (χ2v) is 9.78. The normalized spacial score (nSPS) is 14.5. The molecule has 2 aromatic heterocycles. The van der Waals surface area contributed by atoms with Crippen LogP contribution in [0.4, 0.5) is 14.5 Å². The molecule has 1 N–H and O–H groups in total. The van der Waals surface area contributed by atoms with Crippen LogP contribution >= 0.6 is 11.3 Å². The van der Waals surface area contributed by atoms with Crippen LogP contribution in [0, 0.1) is 18.6 Å². The second kappa shape index (κ2) is 8.96. The summed E-state index contributed by atoms with van der Waals surface area (Å²) in [5.41, 5.74) is 0.969. The lowest BCUT2D eigenvalue weighted by Crippen LogP contribution is -2.42. The predicted molar refractivity (Wildman–Crippen MR) is 115 cm³/mol. The van der Waals surface area contributed by atoms with Crippen LogP contribution in [0.1, 0.15) is 5.69 Å². The van der Waals surface area contributed by atoms with Crippen LogP contribution in [0.25, 0.3) is 10.7 Å². The largest absolute Gasteiger partial charge is 0.378 e. The molecular weight excluding hydrogens is 462 g/mol. The molecule has 0 saturated carbocycles. The lowest BCUT2D eigenvalue weighted by Gasteiger charge is -2.27. The first-order chi connectivity index (χ1) is 15.2. The van der Waals surface area contributed by atoms with E-state index in [-0.39, 0.29) is 23.0 Å². The lowest BCUT2D eigenvalue weighted by atomic mass is 10.3. The van der Waals surface area contributed by atoms with E-state index < -0.39 is 21.7 Å². The van der Waals surface area contributed by atoms with Gasteiger partial charge in [0.05, 0.1) is 24.6 Å². The van der Waals surface area contributed by atoms with Crippen molar-refractivity contribution < 1.29 is 26.7 Å². The van der Waals surface area contributed by atoms with Crippen molar-refractivity contribution in [3.8, 4) is 10.7 Å². The summed E-state index contributed by atoms with van der Waals surface area (Å²) in [6.45, 7) is 3.54. The topological polar surface area (TPSA) is 93.5 Å². The van der Waals surface area contributed by atoms with Gasteiger partial charge in [0.1, 0.15) is 28.1 Å². The highest BCUT2D eigenvalue weighted by molar-refractivity contribution is 7.92. The van der Waals surface area contributed by atoms with Gasteiger partial charge in [-0.3, -0.25) is 9.52 Å². The quantitative estimate of drug-likeness (QED) is 0.583. The van der Waals surface area contributed by atoms with Gasteiger partial charge in [0.25, 0.3) is 10.0 Å². The van der Waals surface area contributed by atoms with E-state index in [1.54, 1.807) is 4.90 Å². The van der Waals surface area contributed by atoms with Crippen LogP contribution < -0.4 is 4.72 Å². The van der Waals surface area contributed by atoms with Crippen molar-refractivity contribution in [1.29, 1.82) is 0 Å². The van der Waals surface area contributed by atoms with Gasteiger partial charge in [-0.05, 0) is 25.1 Å². The fourth-order valence-electron chi connectivity index (χ4n) is 3.30. The molecule has 3 aromatic rings. The number of benzene rings is 1. The van der Waals surface area contributed by atoms with Gasteiger partial charge in [-0.2, -0.15) is 0 Å². The van der Waals surface area contributed by atoms with Gasteiger partial charge < -0.3 is 14.2 Å². The number of hydrogen-bond acceptors (Lipinski definition) is 6. The van der Waals surface area contributed by atoms with E-state index in [4.69, 9.17) is 4.74 Å². The Balaban J connectivity index is 1.67. The van der Waals surface area contributed by atoms with Gasteiger partial charge in [-0.1, -0.05) is 0 Å². The number of aromatic nitrogens is 2. The monoisotopic (exact) mass is 482 g/mol. The molecule has 3 heterocycles. The summed E-state index contributed by atoms with van der Waals surface area (Å²) >= 11 is 1.32. The van der Waals surface area contributed by atoms with E-state index in [9.17, 15) is 22.0 Å². The van der Waals surface area contributed by atoms with Gasteiger partial charge in [-0.25, -0.2) is 22.2 Å². The molecule has 12 heteroatoms. The number of anilines is 1. The molecule has 1 fully saturated rings. The Kier molecular flexibility index (Phi) is 6.26. The number of ether oxygens (including phenoxy) is 1. The van der Waals surface area contributed by atoms with Crippen LogP contribution in [0.3, 0.4) is 0 Å². The number of morpholine rings is 1. The van der Waals surface area contributed by atoms with E-state index in [1.165, 1.54) is 28.2 Å². The maximum atomic E-state index is 13.5. The van der Waals surface area contributed by atoms with E-state index in [2.05, 4.69) is 9.71 Å². The number of nitrogens with one attached hydrogen (secondary N) is 1. The van der Waals surface area contributed by atoms with Crippen LogP contribution in [0.2, 0.25) is 0 Å². The van der Waals surface area contributed by atoms with Gasteiger partial charge >= 0.3 is 0 Å². The van der Waals surface area contributed by atoms with Crippen molar-refractivity contribution in [2.24, 2.45) is 0 Å². The predicted octanol–water partition coefficient (Wildman–Crippen LogP) is 2.86. The summed E-state index contributed by atoms with van der Waals surface area (Å²) in [5.74, 6) is -1.99. The number of sulfonamides is 1. The molecule has 32 heavy (non-hydrogen) atoms. The molecule has 0 bridgehead atoms. The van der Waals surface area contributed by atoms with Gasteiger partial charge in [-0.15, -0.1) is 11.3 Å². The average molecular weight is 483 g/mol. The number of halogens is 2. The number of amides is 1. The second-order valence-electron chi connectivity index (χ2n) is 7.24. The molecule has 4 rings (SSSR count). The number of thiazole rings is 1. The molecule has 1 aliphatic heterocycles. The van der Waals surface area contributed by atoms with E-state index >= 15 is 0 Å². The molecule has 1 amide bonds. The first-order valence-electron chi connectivity index (χ1n) is 9.68. The van der Waals surface area contributed by atoms with Crippen LogP contribution in [-0.2, 0) is 26.1 Å². The van der Waals surface area contributed by atoms with Gasteiger partial charge in [0.2, 0.25) is 5.91 Å². The number of carbonyl (C=O) groups is 1. The average Bonchev–Trinajstić information content (AvgIpc) is 3.34. The minimum absolute atomic E-state index is 0.0852. The molecule has 0 atom stereocenters. The molecule has 8 nitrogen and oxygen atoms in total. The summed E-state index contributed by atoms with van der Waals surface area (Å²) in [7, 11) is -4.18. The molecule has 0 aliphatic carbocycles. The molecule has 1 saturated heterocycles. The summed E-state index contributed by atoms with van der Waals surface area (Å²) < 4.78 is 61.8. The number of hydrogen-bond donors (Lipinski definition) is 1. The number of aryl methyl sites for hydroxylation is 1. The van der Waals surface area contributed by atoms with Crippen molar-refractivity contribution in [2.45, 2.75) is 18.4 Å². The summed E-state index contributed by atoms with van der Waals surface area (Å²) in [6, 6.07) is 3.80. The van der Waals surface area contributed by atoms with Crippen LogP contribution in [0.5, 0.6) is 0 Å². The highest BCUT2D eigenvalue weighted by Crippen LogP contribution is 2.29. The minimum Gasteiger partial charge on any atom is -0.378 e. The minimum atomic E-state index is -4.18. The van der Waals surface area contributed by atoms with E-state index in [0.717, 1.165) is 17.8 Å². The molecule has 1 aromatic carbocycles. The Hall–Kier alpha value is -2.83. The fraction of sp³-hybridized carbons (Fsp3) is 0.300. The standard InChI is InChI=1S/C20H20F2N4O4S2/c1-13-12-31-20(23-13)18-9-17(10-26(18)11-19(27)25-2-4-30-5-3-25)32(28,29)24-16-7-14(21)6-15(22)8-16/h6-10,12,24H,2-5,11H2,1H3. The Bertz CT molecular complexity index is 1230. The fourth-order valence-corrected chi connectivity index (χ4v) is 5.20. The lowest BCUT2D eigenvalue weighted by molar-refractivity contribution is -0.135. The van der Waals surface area contributed by atoms with Crippen molar-refractivity contribution >= 4 is 33.0 Å². The highest BCUT2D eigenvalue weighted by Gasteiger charge is 2.24. The summed E-state index contributed by atoms with van der Waals surface area (Å²) in [5, 5.41) is 2.37. The maximum Gasteiger partial charge on any atom is 0.263 e. The molecule has 1 aliphatic rings. The number of nitrogens with zero attached hydrogens (tertiary/aromatic N) is 3. The first kappa shape index (κ1) is 22.4. The maximum absolute atomic E-state index is 13.5. The zero-order chi connectivity index (χ0) is 22.9. The highest BCUT2D eigenvalue weighted by atomic mass is 32.2. The van der Waals surface area contributed by atoms with Crippen molar-refractivity contribution in [3.05, 3.63) is 53.2 Å². The molecule has 170 valence electrons. The van der Waals surface area contributed by atoms with Crippen molar-refractivity contribution in [1.82, 2.24) is 14.5 Å². The summed E-state index contributed by atoms with van der Waals surface area (Å²) in [6.07, 6.45) is 1.32. The Morgan fingerprint density at radius 2 is 1.88 bits per heavy atom. The van der Waals surface area contributed by atoms with Crippen LogP contribution in [-0.4, -0.2) is 55.1 Å². The SMILES string of the molecule is Cc1csc(-c2cc(S(=O)(=O)Nc3cc(F)cc(F)c3)cn2CC(=O)N2CCOCC2)n1. The third-order valence-corrected chi connectivity index (χ3v) is 7.14. The first-order valence-corrected chi connectivity index (χ1v) is 12.0. The molecular formula is C20H20F2N4O4S2. The molecule has 0 radical (unpaired) electrons. The number of rotatable bonds is 6. The van der Waals surface area contributed by atoms with Crippen LogP contribution in [0.15, 0.2) is 40.7 Å². The Morgan fingerprint density at radius 3 is 2.50 bits per heavy atom. The zero-order valence-corrected chi connectivity index (χ0v) is 18.7. The van der Waals surface area contributed by atoms with Gasteiger partial charge in [0, 0.05) is 36.4 Å². The van der Waals surface area contributed by atoms with E-state index in [1.807, 2.05) is 12.3 Å². The molecule has 0 unspecified atom stereocenters. The Morgan fingerprint density at radius 1 is 1.19 bits per heavy atom. The van der Waals surface area contributed by atoms with Gasteiger partial charge in [0.15, 0.2) is 0 Å². The Labute approximate surface area is 187 Å². The van der Waals surface area contributed by atoms with Crippen molar-refractivity contribution in [3.63, 3.8) is 0 Å². The van der Waals surface area contributed by atoms with E-state index in [0.29, 0.717) is 43.1 Å². The number of carbonyl (C=O) groups excluding carboxylic acids is 1. The zero-order valence-electron chi connectivity index (χ0n) is 17.0. The third-order valence-electron chi connectivity index (χ3n) is 4.80. The summed E-state index contributed by atoms with van der Waals surface area (Å²) in [4.78, 5) is 18.7. The smallest absolute Gasteiger partial charge is 0.263 e. The molecule has 0 spiro atoms. The van der Waals surface area contributed by atoms with Crippen molar-refractivity contribution in [2.75, 3.05) is 31.0 Å². The third kappa shape index (κ3) is 4.97.